The minimum atomic E-state index is -4.37. The van der Waals surface area contributed by atoms with Crippen molar-refractivity contribution in [3.05, 3.63) is 29.8 Å². The van der Waals surface area contributed by atoms with Gasteiger partial charge in [-0.2, -0.15) is 13.2 Å². The normalized spacial score (nSPS) is 11.4. The summed E-state index contributed by atoms with van der Waals surface area (Å²) >= 11 is 0. The lowest BCUT2D eigenvalue weighted by atomic mass is 10.2. The van der Waals surface area contributed by atoms with Crippen molar-refractivity contribution in [3.8, 4) is 0 Å². The summed E-state index contributed by atoms with van der Waals surface area (Å²) in [5.41, 5.74) is 1.64. The third-order valence-electron chi connectivity index (χ3n) is 2.50. The molecular weight excluding hydrogens is 275 g/mol. The number of carboxylic acids is 1. The molecule has 112 valence electrons. The standard InChI is InChI=1S/C13H16F3NO3/c1-10-2-4-11(5-3-10)17(8-12(18)19)6-7-20-9-13(14,15)16/h2-5H,6-9H2,1H3,(H,18,19). The Morgan fingerprint density at radius 1 is 1.30 bits per heavy atom. The Balaban J connectivity index is 2.56. The number of ether oxygens (including phenoxy) is 1. The summed E-state index contributed by atoms with van der Waals surface area (Å²) < 4.78 is 40.3. The van der Waals surface area contributed by atoms with Gasteiger partial charge in [0.2, 0.25) is 0 Å². The number of hydrogen-bond donors (Lipinski definition) is 1. The first-order chi connectivity index (χ1) is 9.28. The van der Waals surface area contributed by atoms with E-state index in [9.17, 15) is 18.0 Å². The van der Waals surface area contributed by atoms with E-state index < -0.39 is 18.8 Å². The van der Waals surface area contributed by atoms with E-state index in [4.69, 9.17) is 5.11 Å². The number of aryl methyl sites for hydroxylation is 1. The van der Waals surface area contributed by atoms with Crippen molar-refractivity contribution in [2.45, 2.75) is 13.1 Å². The zero-order valence-electron chi connectivity index (χ0n) is 11.0. The van der Waals surface area contributed by atoms with Crippen LogP contribution >= 0.6 is 0 Å². The lowest BCUT2D eigenvalue weighted by Crippen LogP contribution is -2.33. The van der Waals surface area contributed by atoms with Crippen LogP contribution in [0.5, 0.6) is 0 Å². The molecule has 0 aliphatic heterocycles. The Hall–Kier alpha value is -1.76. The maximum absolute atomic E-state index is 11.9. The van der Waals surface area contributed by atoms with Crippen LogP contribution in [0.2, 0.25) is 0 Å². The lowest BCUT2D eigenvalue weighted by molar-refractivity contribution is -0.173. The van der Waals surface area contributed by atoms with Crippen LogP contribution in [0.1, 0.15) is 5.56 Å². The van der Waals surface area contributed by atoms with Gasteiger partial charge in [0, 0.05) is 12.2 Å². The molecule has 1 N–H and O–H groups in total. The number of hydrogen-bond acceptors (Lipinski definition) is 3. The van der Waals surface area contributed by atoms with Gasteiger partial charge in [-0.25, -0.2) is 0 Å². The number of nitrogens with zero attached hydrogens (tertiary/aromatic N) is 1. The molecule has 1 aromatic carbocycles. The van der Waals surface area contributed by atoms with Crippen LogP contribution in [0.4, 0.5) is 18.9 Å². The summed E-state index contributed by atoms with van der Waals surface area (Å²) in [5, 5.41) is 8.82. The van der Waals surface area contributed by atoms with Crippen LogP contribution in [-0.4, -0.2) is 43.6 Å². The molecule has 0 amide bonds. The van der Waals surface area contributed by atoms with Gasteiger partial charge in [-0.05, 0) is 19.1 Å². The molecule has 0 fully saturated rings. The SMILES string of the molecule is Cc1ccc(N(CCOCC(F)(F)F)CC(=O)O)cc1. The van der Waals surface area contributed by atoms with E-state index in [2.05, 4.69) is 4.74 Å². The minimum Gasteiger partial charge on any atom is -0.480 e. The molecule has 0 saturated heterocycles. The zero-order chi connectivity index (χ0) is 15.2. The second-order valence-corrected chi connectivity index (χ2v) is 4.32. The van der Waals surface area contributed by atoms with E-state index in [-0.39, 0.29) is 19.7 Å². The second kappa shape index (κ2) is 7.14. The molecule has 0 heterocycles. The maximum atomic E-state index is 11.9. The van der Waals surface area contributed by atoms with E-state index in [1.54, 1.807) is 24.3 Å². The number of halogens is 3. The fraction of sp³-hybridized carbons (Fsp3) is 0.462. The minimum absolute atomic E-state index is 0.0748. The van der Waals surface area contributed by atoms with E-state index >= 15 is 0 Å². The molecule has 0 unspecified atom stereocenters. The number of benzene rings is 1. The number of rotatable bonds is 7. The molecule has 0 aromatic heterocycles. The van der Waals surface area contributed by atoms with E-state index in [1.807, 2.05) is 6.92 Å². The summed E-state index contributed by atoms with van der Waals surface area (Å²) in [5.74, 6) is -1.05. The smallest absolute Gasteiger partial charge is 0.411 e. The first kappa shape index (κ1) is 16.3. The summed E-state index contributed by atoms with van der Waals surface area (Å²) in [6.45, 7) is 0.143. The van der Waals surface area contributed by atoms with Crippen LogP contribution in [-0.2, 0) is 9.53 Å². The molecule has 7 heteroatoms. The van der Waals surface area contributed by atoms with Gasteiger partial charge >= 0.3 is 12.1 Å². The number of carbonyl (C=O) groups is 1. The van der Waals surface area contributed by atoms with E-state index in [0.717, 1.165) is 5.56 Å². The number of anilines is 1. The highest BCUT2D eigenvalue weighted by Gasteiger charge is 2.27. The molecule has 0 aliphatic rings. The average molecular weight is 291 g/mol. The highest BCUT2D eigenvalue weighted by Crippen LogP contribution is 2.16. The van der Waals surface area contributed by atoms with Crippen molar-refractivity contribution < 1.29 is 27.8 Å². The first-order valence-electron chi connectivity index (χ1n) is 5.96. The number of aliphatic carboxylic acids is 1. The Kier molecular flexibility index (Phi) is 5.82. The molecule has 0 radical (unpaired) electrons. The van der Waals surface area contributed by atoms with Crippen molar-refractivity contribution in [1.82, 2.24) is 0 Å². The van der Waals surface area contributed by atoms with Crippen LogP contribution in [0.3, 0.4) is 0 Å². The Labute approximate surface area is 114 Å². The highest BCUT2D eigenvalue weighted by molar-refractivity contribution is 5.73. The van der Waals surface area contributed by atoms with Crippen molar-refractivity contribution in [2.24, 2.45) is 0 Å². The molecule has 0 atom stereocenters. The fourth-order valence-corrected chi connectivity index (χ4v) is 1.58. The third kappa shape index (κ3) is 6.42. The Bertz CT molecular complexity index is 431. The van der Waals surface area contributed by atoms with E-state index in [1.165, 1.54) is 4.90 Å². The predicted octanol–water partition coefficient (Wildman–Crippen LogP) is 2.46. The Morgan fingerprint density at radius 2 is 1.90 bits per heavy atom. The molecule has 1 rings (SSSR count). The highest BCUT2D eigenvalue weighted by atomic mass is 19.4. The van der Waals surface area contributed by atoms with Gasteiger partial charge in [-0.3, -0.25) is 4.79 Å². The van der Waals surface area contributed by atoms with Crippen LogP contribution in [0.15, 0.2) is 24.3 Å². The van der Waals surface area contributed by atoms with Gasteiger partial charge in [-0.1, -0.05) is 17.7 Å². The topological polar surface area (TPSA) is 49.8 Å². The van der Waals surface area contributed by atoms with Crippen LogP contribution in [0.25, 0.3) is 0 Å². The quantitative estimate of drug-likeness (QED) is 0.784. The van der Waals surface area contributed by atoms with Crippen molar-refractivity contribution in [1.29, 1.82) is 0 Å². The van der Waals surface area contributed by atoms with Crippen LogP contribution < -0.4 is 4.90 Å². The van der Waals surface area contributed by atoms with Crippen molar-refractivity contribution in [3.63, 3.8) is 0 Å². The number of alkyl halides is 3. The fourth-order valence-electron chi connectivity index (χ4n) is 1.58. The lowest BCUT2D eigenvalue weighted by Gasteiger charge is -2.23. The van der Waals surface area contributed by atoms with Crippen LogP contribution in [0, 0.1) is 6.92 Å². The third-order valence-corrected chi connectivity index (χ3v) is 2.50. The summed E-state index contributed by atoms with van der Waals surface area (Å²) in [4.78, 5) is 12.2. The molecule has 0 aliphatic carbocycles. The maximum Gasteiger partial charge on any atom is 0.411 e. The largest absolute Gasteiger partial charge is 0.480 e. The van der Waals surface area contributed by atoms with Crippen molar-refractivity contribution in [2.75, 3.05) is 31.2 Å². The average Bonchev–Trinajstić information content (AvgIpc) is 2.32. The summed E-state index contributed by atoms with van der Waals surface area (Å²) in [6, 6.07) is 7.06. The Morgan fingerprint density at radius 3 is 2.40 bits per heavy atom. The zero-order valence-corrected chi connectivity index (χ0v) is 11.0. The summed E-state index contributed by atoms with van der Waals surface area (Å²) in [7, 11) is 0. The van der Waals surface area contributed by atoms with Gasteiger partial charge in [0.15, 0.2) is 0 Å². The molecule has 20 heavy (non-hydrogen) atoms. The van der Waals surface area contributed by atoms with E-state index in [0.29, 0.717) is 5.69 Å². The van der Waals surface area contributed by atoms with Gasteiger partial charge in [-0.15, -0.1) is 0 Å². The van der Waals surface area contributed by atoms with Gasteiger partial charge in [0.1, 0.15) is 13.2 Å². The summed E-state index contributed by atoms with van der Waals surface area (Å²) in [6.07, 6.45) is -4.37. The van der Waals surface area contributed by atoms with Gasteiger partial charge in [0.25, 0.3) is 0 Å². The predicted molar refractivity (Wildman–Crippen MR) is 67.9 cm³/mol. The van der Waals surface area contributed by atoms with Crippen molar-refractivity contribution >= 4 is 11.7 Å². The molecule has 0 spiro atoms. The molecular formula is C13H16F3NO3. The second-order valence-electron chi connectivity index (χ2n) is 4.32. The number of carboxylic acid groups (broad SMARTS) is 1. The van der Waals surface area contributed by atoms with Gasteiger partial charge < -0.3 is 14.7 Å². The molecule has 0 saturated carbocycles. The van der Waals surface area contributed by atoms with Gasteiger partial charge in [0.05, 0.1) is 6.61 Å². The molecule has 1 aromatic rings. The monoisotopic (exact) mass is 291 g/mol. The first-order valence-corrected chi connectivity index (χ1v) is 5.96. The molecule has 0 bridgehead atoms. The molecule has 4 nitrogen and oxygen atoms in total.